The third-order valence-electron chi connectivity index (χ3n) is 7.61. The maximum atomic E-state index is 13.5. The molecule has 0 unspecified atom stereocenters. The fourth-order valence-corrected chi connectivity index (χ4v) is 7.40. The van der Waals surface area contributed by atoms with Gasteiger partial charge in [-0.1, -0.05) is 76.8 Å². The standard InChI is InChI=1S/C27H44N6OS2.C2H6/c1-4-25(19-31-15-17-32(18-16-31)36-26-20-30(3)21-28-26)35-22(2)29-27(34)33(23-11-7-5-8-12-23)24-13-9-6-10-14-24;1-2/h4,20-21,23-24H,2,5-19H2,1,3H3,(H,29,34);1-2H3/b25-4-;. The lowest BCUT2D eigenvalue weighted by molar-refractivity contribution is 0.107. The maximum Gasteiger partial charge on any atom is 0.322 e. The Morgan fingerprint density at radius 2 is 1.63 bits per heavy atom. The first-order valence-corrected chi connectivity index (χ1v) is 16.4. The Balaban J connectivity index is 0.00000195. The minimum atomic E-state index is 0.0712. The summed E-state index contributed by atoms with van der Waals surface area (Å²) in [4.78, 5) is 23.9. The Labute approximate surface area is 240 Å². The van der Waals surface area contributed by atoms with Gasteiger partial charge in [-0.05, 0) is 44.6 Å². The summed E-state index contributed by atoms with van der Waals surface area (Å²) in [6.45, 7) is 15.3. The molecule has 9 heteroatoms. The molecule has 0 radical (unpaired) electrons. The van der Waals surface area contributed by atoms with E-state index in [9.17, 15) is 4.79 Å². The summed E-state index contributed by atoms with van der Waals surface area (Å²) >= 11 is 3.36. The zero-order chi connectivity index (χ0) is 27.3. The lowest BCUT2D eigenvalue weighted by Gasteiger charge is -2.41. The Kier molecular flexibility index (Phi) is 13.6. The van der Waals surface area contributed by atoms with Crippen molar-refractivity contribution in [2.24, 2.45) is 7.05 Å². The molecule has 0 aromatic carbocycles. The number of rotatable bonds is 9. The molecule has 1 aliphatic heterocycles. The summed E-state index contributed by atoms with van der Waals surface area (Å²) in [5.41, 5.74) is 0. The number of aryl methyl sites for hydroxylation is 1. The molecular formula is C29H50N6OS2. The third kappa shape index (κ3) is 9.65. The average molecular weight is 563 g/mol. The summed E-state index contributed by atoms with van der Waals surface area (Å²) in [5, 5.41) is 4.99. The molecule has 1 aromatic heterocycles. The van der Waals surface area contributed by atoms with Crippen molar-refractivity contribution in [3.8, 4) is 0 Å². The van der Waals surface area contributed by atoms with Crippen LogP contribution in [0.5, 0.6) is 0 Å². The number of amides is 2. The largest absolute Gasteiger partial charge is 0.339 e. The monoisotopic (exact) mass is 562 g/mol. The maximum absolute atomic E-state index is 13.5. The number of thioether (sulfide) groups is 1. The van der Waals surface area contributed by atoms with Crippen LogP contribution in [0.4, 0.5) is 4.79 Å². The molecule has 3 aliphatic rings. The van der Waals surface area contributed by atoms with Crippen molar-refractivity contribution in [1.82, 2.24) is 29.0 Å². The number of imidazole rings is 1. The molecule has 0 bridgehead atoms. The van der Waals surface area contributed by atoms with Gasteiger partial charge in [0.05, 0.1) is 11.4 Å². The average Bonchev–Trinajstić information content (AvgIpc) is 3.36. The van der Waals surface area contributed by atoms with Crippen LogP contribution in [-0.2, 0) is 7.05 Å². The number of urea groups is 1. The van der Waals surface area contributed by atoms with Gasteiger partial charge in [0.2, 0.25) is 0 Å². The van der Waals surface area contributed by atoms with E-state index in [1.165, 1.54) is 43.4 Å². The van der Waals surface area contributed by atoms with Gasteiger partial charge >= 0.3 is 6.03 Å². The van der Waals surface area contributed by atoms with E-state index < -0.39 is 0 Å². The highest BCUT2D eigenvalue weighted by molar-refractivity contribution is 8.06. The van der Waals surface area contributed by atoms with E-state index >= 15 is 0 Å². The first-order chi connectivity index (χ1) is 18.5. The summed E-state index contributed by atoms with van der Waals surface area (Å²) in [7, 11) is 2.01. The number of nitrogens with one attached hydrogen (secondary N) is 1. The first kappa shape index (κ1) is 31.1. The highest BCUT2D eigenvalue weighted by atomic mass is 32.2. The van der Waals surface area contributed by atoms with Crippen molar-refractivity contribution in [3.63, 3.8) is 0 Å². The molecule has 0 atom stereocenters. The molecule has 4 rings (SSSR count). The quantitative estimate of drug-likeness (QED) is 0.332. The molecule has 3 fully saturated rings. The number of carbonyl (C=O) groups excluding carboxylic acids is 1. The Morgan fingerprint density at radius 3 is 2.13 bits per heavy atom. The summed E-state index contributed by atoms with van der Waals surface area (Å²) in [6.07, 6.45) is 18.3. The number of piperazine rings is 1. The summed E-state index contributed by atoms with van der Waals surface area (Å²) in [5.74, 6) is 0. The highest BCUT2D eigenvalue weighted by Crippen LogP contribution is 2.31. The van der Waals surface area contributed by atoms with Gasteiger partial charge in [-0.25, -0.2) is 14.1 Å². The number of aromatic nitrogens is 2. The van der Waals surface area contributed by atoms with Crippen LogP contribution in [0.2, 0.25) is 0 Å². The van der Waals surface area contributed by atoms with Crippen LogP contribution in [0.1, 0.15) is 85.0 Å². The predicted molar refractivity (Wildman–Crippen MR) is 163 cm³/mol. The SMILES string of the molecule is C=C(NC(=O)N(C1CCCCC1)C1CCCCC1)S/C(=C\C)CN1CCN(Sc2cn(C)cn2)CC1.CC. The fourth-order valence-electron chi connectivity index (χ4n) is 5.67. The van der Waals surface area contributed by atoms with E-state index in [-0.39, 0.29) is 6.03 Å². The Hall–Kier alpha value is -1.42. The van der Waals surface area contributed by atoms with Crippen LogP contribution < -0.4 is 5.32 Å². The van der Waals surface area contributed by atoms with Crippen molar-refractivity contribution in [3.05, 3.63) is 35.1 Å². The molecule has 1 aromatic rings. The minimum Gasteiger partial charge on any atom is -0.339 e. The van der Waals surface area contributed by atoms with Crippen LogP contribution in [0.15, 0.2) is 40.1 Å². The van der Waals surface area contributed by atoms with E-state index in [0.29, 0.717) is 12.1 Å². The molecule has 0 spiro atoms. The molecule has 1 N–H and O–H groups in total. The number of hydrogen-bond donors (Lipinski definition) is 1. The van der Waals surface area contributed by atoms with Crippen LogP contribution in [0, 0.1) is 0 Å². The molecule has 2 aliphatic carbocycles. The van der Waals surface area contributed by atoms with E-state index in [2.05, 4.69) is 50.2 Å². The van der Waals surface area contributed by atoms with Crippen molar-refractivity contribution in [1.29, 1.82) is 0 Å². The second-order valence-electron chi connectivity index (χ2n) is 10.4. The number of hydrogen-bond acceptors (Lipinski definition) is 6. The van der Waals surface area contributed by atoms with Gasteiger partial charge in [0.1, 0.15) is 5.03 Å². The second kappa shape index (κ2) is 16.6. The molecule has 1 saturated heterocycles. The second-order valence-corrected chi connectivity index (χ2v) is 12.7. The smallest absolute Gasteiger partial charge is 0.322 e. The topological polar surface area (TPSA) is 56.6 Å². The molecule has 2 heterocycles. The van der Waals surface area contributed by atoms with Gasteiger partial charge in [0.15, 0.2) is 0 Å². The predicted octanol–water partition coefficient (Wildman–Crippen LogP) is 6.86. The van der Waals surface area contributed by atoms with Crippen molar-refractivity contribution in [2.75, 3.05) is 32.7 Å². The Morgan fingerprint density at radius 1 is 1.05 bits per heavy atom. The fraction of sp³-hybridized carbons (Fsp3) is 0.724. The minimum absolute atomic E-state index is 0.0712. The number of allylic oxidation sites excluding steroid dienone is 1. The lowest BCUT2D eigenvalue weighted by atomic mass is 9.89. The summed E-state index contributed by atoms with van der Waals surface area (Å²) in [6, 6.07) is 0.851. The highest BCUT2D eigenvalue weighted by Gasteiger charge is 2.32. The molecule has 38 heavy (non-hydrogen) atoms. The van der Waals surface area contributed by atoms with Crippen LogP contribution in [0.25, 0.3) is 0 Å². The van der Waals surface area contributed by atoms with Crippen LogP contribution in [0.3, 0.4) is 0 Å². The zero-order valence-corrected chi connectivity index (χ0v) is 25.8. The first-order valence-electron chi connectivity index (χ1n) is 14.8. The molecule has 2 amide bonds. The van der Waals surface area contributed by atoms with Gasteiger partial charge in [0.25, 0.3) is 0 Å². The van der Waals surface area contributed by atoms with Crippen molar-refractivity contribution >= 4 is 29.7 Å². The molecule has 7 nitrogen and oxygen atoms in total. The van der Waals surface area contributed by atoms with Crippen molar-refractivity contribution in [2.45, 2.75) is 102 Å². The van der Waals surface area contributed by atoms with Gasteiger partial charge in [-0.2, -0.15) is 0 Å². The Bertz CT molecular complexity index is 865. The van der Waals surface area contributed by atoms with E-state index in [0.717, 1.165) is 68.5 Å². The molecule has 214 valence electrons. The normalized spacial score (nSPS) is 20.5. The molecule has 2 saturated carbocycles. The van der Waals surface area contributed by atoms with Gasteiger partial charge in [-0.3, -0.25) is 4.90 Å². The zero-order valence-electron chi connectivity index (χ0n) is 24.2. The van der Waals surface area contributed by atoms with Crippen molar-refractivity contribution < 1.29 is 4.79 Å². The van der Waals surface area contributed by atoms with E-state index in [4.69, 9.17) is 0 Å². The molecular weight excluding hydrogens is 512 g/mol. The number of nitrogens with zero attached hydrogens (tertiary/aromatic N) is 5. The van der Waals surface area contributed by atoms with Gasteiger partial charge in [0, 0.05) is 63.0 Å². The van der Waals surface area contributed by atoms with E-state index in [1.807, 2.05) is 31.8 Å². The summed E-state index contributed by atoms with van der Waals surface area (Å²) < 4.78 is 4.38. The lowest BCUT2D eigenvalue weighted by Crippen LogP contribution is -2.52. The van der Waals surface area contributed by atoms with E-state index in [1.54, 1.807) is 23.7 Å². The number of carbonyl (C=O) groups is 1. The third-order valence-corrected chi connectivity index (χ3v) is 9.60. The van der Waals surface area contributed by atoms with Gasteiger partial charge in [-0.15, -0.1) is 0 Å². The van der Waals surface area contributed by atoms with Crippen LogP contribution >= 0.6 is 23.7 Å². The van der Waals surface area contributed by atoms with Crippen LogP contribution in [-0.4, -0.2) is 74.5 Å². The van der Waals surface area contributed by atoms with Gasteiger partial charge < -0.3 is 14.8 Å².